The molecule has 0 amide bonds. The minimum absolute atomic E-state index is 0.0426. The summed E-state index contributed by atoms with van der Waals surface area (Å²) in [4.78, 5) is 23.9. The molecule has 4 aliphatic carbocycles. The Balaban J connectivity index is 1.40. The molecule has 0 aromatic carbocycles. The van der Waals surface area contributed by atoms with Gasteiger partial charge in [0.1, 0.15) is 23.4 Å². The van der Waals surface area contributed by atoms with E-state index in [2.05, 4.69) is 54.5 Å². The normalized spacial score (nSPS) is 45.8. The first-order chi connectivity index (χ1) is 17.7. The molecule has 5 heteroatoms. The Kier molecular flexibility index (Phi) is 6.93. The lowest BCUT2D eigenvalue weighted by molar-refractivity contribution is -0.155. The highest BCUT2D eigenvalue weighted by Crippen LogP contribution is 2.76. The summed E-state index contributed by atoms with van der Waals surface area (Å²) in [7, 11) is 0. The van der Waals surface area contributed by atoms with Gasteiger partial charge in [0, 0.05) is 25.7 Å². The first kappa shape index (κ1) is 28.2. The van der Waals surface area contributed by atoms with Crippen LogP contribution >= 0.6 is 0 Å². The summed E-state index contributed by atoms with van der Waals surface area (Å²) >= 11 is 0. The smallest absolute Gasteiger partial charge is 0.303 e. The number of hydrogen-bond donors (Lipinski definition) is 0. The van der Waals surface area contributed by atoms with Crippen LogP contribution in [0, 0.1) is 46.3 Å². The van der Waals surface area contributed by atoms with E-state index in [1.54, 1.807) is 6.92 Å². The summed E-state index contributed by atoms with van der Waals surface area (Å²) < 4.78 is 18.7. The van der Waals surface area contributed by atoms with E-state index in [-0.39, 0.29) is 46.5 Å². The SMILES string of the molecule is CC(=O)OC(C(C)C(C)C(C)C)[C@]1(C)O[C@]12CC[C@H]1[C@@H]3CC=C4C[C@@H](OC(C)=O)CC[C@]4(C)[C@H]3CC[C@@]12C. The fourth-order valence-electron chi connectivity index (χ4n) is 10.4. The van der Waals surface area contributed by atoms with Gasteiger partial charge in [-0.1, -0.05) is 53.2 Å². The van der Waals surface area contributed by atoms with Gasteiger partial charge in [0.05, 0.1) is 0 Å². The van der Waals surface area contributed by atoms with Crippen LogP contribution in [0.5, 0.6) is 0 Å². The number of esters is 2. The van der Waals surface area contributed by atoms with Crippen LogP contribution in [-0.4, -0.2) is 35.3 Å². The van der Waals surface area contributed by atoms with E-state index in [0.717, 1.165) is 32.1 Å². The number of fused-ring (bicyclic) bond motifs is 6. The molecular weight excluding hydrogens is 476 g/mol. The summed E-state index contributed by atoms with van der Waals surface area (Å²) in [6, 6.07) is 0. The van der Waals surface area contributed by atoms with Gasteiger partial charge in [-0.25, -0.2) is 0 Å². The quantitative estimate of drug-likeness (QED) is 0.206. The van der Waals surface area contributed by atoms with Crippen LogP contribution in [0.25, 0.3) is 0 Å². The summed E-state index contributed by atoms with van der Waals surface area (Å²) in [5.41, 5.74) is 1.20. The standard InChI is InChI=1S/C33H52O5/c1-19(2)20(3)21(4)29(37-23(6)35)32(9)33(38-32)17-14-28-26-11-10-24-18-25(36-22(5)34)12-15-30(24,7)27(26)13-16-31(28,33)8/h10,19-21,25-29H,11-18H2,1-9H3/t20?,21?,25-,26+,27-,28-,29?,30-,31-,32-,33-/m0/s1. The van der Waals surface area contributed by atoms with Gasteiger partial charge < -0.3 is 14.2 Å². The van der Waals surface area contributed by atoms with Crippen LogP contribution in [0.15, 0.2) is 11.6 Å². The monoisotopic (exact) mass is 528 g/mol. The minimum atomic E-state index is -0.431. The maximum atomic E-state index is 12.3. The van der Waals surface area contributed by atoms with Crippen LogP contribution < -0.4 is 0 Å². The second-order valence-corrected chi connectivity index (χ2v) is 14.8. The molecule has 5 aliphatic rings. The third kappa shape index (κ3) is 3.95. The van der Waals surface area contributed by atoms with E-state index < -0.39 is 5.60 Å². The molecule has 3 unspecified atom stereocenters. The molecule has 5 rings (SSSR count). The molecule has 3 saturated carbocycles. The van der Waals surface area contributed by atoms with Crippen LogP contribution in [0.3, 0.4) is 0 Å². The molecular formula is C33H52O5. The predicted molar refractivity (Wildman–Crippen MR) is 148 cm³/mol. The lowest BCUT2D eigenvalue weighted by Gasteiger charge is -2.58. The van der Waals surface area contributed by atoms with Crippen LogP contribution in [0.2, 0.25) is 0 Å². The Morgan fingerprint density at radius 1 is 0.921 bits per heavy atom. The fraction of sp³-hybridized carbons (Fsp3) is 0.879. The van der Waals surface area contributed by atoms with E-state index >= 15 is 0 Å². The summed E-state index contributed by atoms with van der Waals surface area (Å²) in [6.45, 7) is 19.4. The van der Waals surface area contributed by atoms with E-state index in [1.165, 1.54) is 31.8 Å². The second kappa shape index (κ2) is 9.35. The molecule has 1 spiro atoms. The van der Waals surface area contributed by atoms with Crippen LogP contribution in [0.1, 0.15) is 114 Å². The molecule has 0 aromatic heterocycles. The Hall–Kier alpha value is -1.36. The third-order valence-corrected chi connectivity index (χ3v) is 12.9. The molecule has 1 saturated heterocycles. The highest BCUT2D eigenvalue weighted by Gasteiger charge is 2.82. The van der Waals surface area contributed by atoms with Crippen LogP contribution in [-0.2, 0) is 23.8 Å². The number of carbonyl (C=O) groups is 2. The number of rotatable bonds is 6. The lowest BCUT2D eigenvalue weighted by Crippen LogP contribution is -2.54. The predicted octanol–water partition coefficient (Wildman–Crippen LogP) is 7.27. The van der Waals surface area contributed by atoms with Crippen molar-refractivity contribution in [3.63, 3.8) is 0 Å². The third-order valence-electron chi connectivity index (χ3n) is 12.9. The van der Waals surface area contributed by atoms with Gasteiger partial charge in [0.2, 0.25) is 0 Å². The van der Waals surface area contributed by atoms with Crippen molar-refractivity contribution in [1.29, 1.82) is 0 Å². The van der Waals surface area contributed by atoms with E-state index in [4.69, 9.17) is 14.2 Å². The molecule has 38 heavy (non-hydrogen) atoms. The first-order valence-corrected chi connectivity index (χ1v) is 15.4. The van der Waals surface area contributed by atoms with Crippen molar-refractivity contribution < 1.29 is 23.8 Å². The zero-order valence-corrected chi connectivity index (χ0v) is 25.4. The number of epoxide rings is 1. The van der Waals surface area contributed by atoms with Crippen molar-refractivity contribution in [2.24, 2.45) is 46.3 Å². The Morgan fingerprint density at radius 2 is 1.61 bits per heavy atom. The van der Waals surface area contributed by atoms with Crippen molar-refractivity contribution >= 4 is 11.9 Å². The van der Waals surface area contributed by atoms with Crippen molar-refractivity contribution in [3.05, 3.63) is 11.6 Å². The molecule has 1 heterocycles. The molecule has 0 bridgehead atoms. The maximum Gasteiger partial charge on any atom is 0.303 e. The second-order valence-electron chi connectivity index (χ2n) is 14.8. The highest BCUT2D eigenvalue weighted by atomic mass is 16.7. The van der Waals surface area contributed by atoms with Gasteiger partial charge in [-0.2, -0.15) is 0 Å². The van der Waals surface area contributed by atoms with Crippen molar-refractivity contribution in [2.75, 3.05) is 0 Å². The Labute approximate surface area is 230 Å². The van der Waals surface area contributed by atoms with Gasteiger partial charge in [-0.15, -0.1) is 0 Å². The van der Waals surface area contributed by atoms with Crippen molar-refractivity contribution in [2.45, 2.75) is 137 Å². The topological polar surface area (TPSA) is 65.1 Å². The van der Waals surface area contributed by atoms with Gasteiger partial charge >= 0.3 is 11.9 Å². The fourth-order valence-corrected chi connectivity index (χ4v) is 10.4. The Bertz CT molecular complexity index is 1000. The number of ether oxygens (including phenoxy) is 3. The van der Waals surface area contributed by atoms with E-state index in [9.17, 15) is 9.59 Å². The average molecular weight is 529 g/mol. The minimum Gasteiger partial charge on any atom is -0.462 e. The molecule has 11 atom stereocenters. The van der Waals surface area contributed by atoms with Crippen molar-refractivity contribution in [1.82, 2.24) is 0 Å². The number of carbonyl (C=O) groups excluding carboxylic acids is 2. The largest absolute Gasteiger partial charge is 0.462 e. The molecule has 5 nitrogen and oxygen atoms in total. The first-order valence-electron chi connectivity index (χ1n) is 15.4. The van der Waals surface area contributed by atoms with Gasteiger partial charge in [0.25, 0.3) is 0 Å². The molecule has 0 radical (unpaired) electrons. The number of hydrogen-bond acceptors (Lipinski definition) is 5. The molecule has 214 valence electrons. The summed E-state index contributed by atoms with van der Waals surface area (Å²) in [5.74, 6) is 2.80. The summed E-state index contributed by atoms with van der Waals surface area (Å²) in [6.07, 6.45) is 11.1. The van der Waals surface area contributed by atoms with Gasteiger partial charge in [-0.05, 0) is 92.8 Å². The van der Waals surface area contributed by atoms with Crippen LogP contribution in [0.4, 0.5) is 0 Å². The Morgan fingerprint density at radius 3 is 2.24 bits per heavy atom. The molecule has 0 aromatic rings. The number of allylic oxidation sites excluding steroid dienone is 1. The summed E-state index contributed by atoms with van der Waals surface area (Å²) in [5, 5.41) is 0. The van der Waals surface area contributed by atoms with Gasteiger partial charge in [-0.3, -0.25) is 9.59 Å². The zero-order valence-electron chi connectivity index (χ0n) is 25.4. The lowest BCUT2D eigenvalue weighted by atomic mass is 9.46. The molecule has 1 aliphatic heterocycles. The van der Waals surface area contributed by atoms with Crippen molar-refractivity contribution in [3.8, 4) is 0 Å². The molecule has 4 fully saturated rings. The molecule has 0 N–H and O–H groups in total. The zero-order chi connectivity index (χ0) is 27.8. The van der Waals surface area contributed by atoms with Gasteiger partial charge in [0.15, 0.2) is 0 Å². The van der Waals surface area contributed by atoms with E-state index in [1.807, 2.05) is 0 Å². The maximum absolute atomic E-state index is 12.3. The average Bonchev–Trinajstić information content (AvgIpc) is 3.35. The van der Waals surface area contributed by atoms with E-state index in [0.29, 0.717) is 29.6 Å². The highest BCUT2D eigenvalue weighted by molar-refractivity contribution is 5.66.